The van der Waals surface area contributed by atoms with Crippen LogP contribution in [0.5, 0.6) is 5.88 Å². The molecular weight excluding hydrogens is 385 g/mol. The zero-order valence-electron chi connectivity index (χ0n) is 15.2. The van der Waals surface area contributed by atoms with Crippen molar-refractivity contribution in [2.75, 3.05) is 17.7 Å². The largest absolute Gasteiger partial charge is 0.480 e. The molecule has 2 amide bonds. The first-order valence-corrected chi connectivity index (χ1v) is 8.90. The molecule has 2 heterocycles. The minimum atomic E-state index is -0.721. The van der Waals surface area contributed by atoms with Gasteiger partial charge in [0.2, 0.25) is 5.88 Å². The van der Waals surface area contributed by atoms with Gasteiger partial charge in [-0.3, -0.25) is 9.59 Å². The van der Waals surface area contributed by atoms with Gasteiger partial charge in [0.15, 0.2) is 5.82 Å². The number of methoxy groups -OCH3 is 1. The van der Waals surface area contributed by atoms with Crippen molar-refractivity contribution in [1.82, 2.24) is 15.0 Å². The normalized spacial score (nSPS) is 10.4. The molecule has 0 radical (unpaired) electrons. The number of carbonyl (C=O) groups excluding carboxylic acids is 2. The number of ether oxygens (including phenoxy) is 1. The third-order valence-electron chi connectivity index (χ3n) is 3.73. The maximum Gasteiger partial charge on any atom is 0.267 e. The number of aryl methyl sites for hydroxylation is 2. The van der Waals surface area contributed by atoms with Crippen LogP contribution in [0.2, 0.25) is 0 Å². The second-order valence-electron chi connectivity index (χ2n) is 5.74. The number of nitrogens with one attached hydrogen (secondary N) is 2. The molecule has 3 rings (SSSR count). The SMILES string of the molecule is COc1cnc(NC(=O)c2cc(NC(=O)c3cnc(C)s3)c(C)cc2F)cn1. The molecule has 2 aromatic heterocycles. The minimum absolute atomic E-state index is 0.136. The average molecular weight is 401 g/mol. The van der Waals surface area contributed by atoms with Gasteiger partial charge < -0.3 is 15.4 Å². The molecule has 3 aromatic rings. The van der Waals surface area contributed by atoms with Gasteiger partial charge in [-0.25, -0.2) is 19.3 Å². The van der Waals surface area contributed by atoms with E-state index in [1.165, 1.54) is 49.2 Å². The van der Waals surface area contributed by atoms with Crippen LogP contribution in [-0.2, 0) is 0 Å². The highest BCUT2D eigenvalue weighted by atomic mass is 32.1. The van der Waals surface area contributed by atoms with Crippen LogP contribution in [0.15, 0.2) is 30.7 Å². The third kappa shape index (κ3) is 4.29. The van der Waals surface area contributed by atoms with Crippen LogP contribution in [-0.4, -0.2) is 33.9 Å². The molecule has 0 bridgehead atoms. The molecule has 28 heavy (non-hydrogen) atoms. The van der Waals surface area contributed by atoms with E-state index in [1.54, 1.807) is 13.8 Å². The van der Waals surface area contributed by atoms with Crippen molar-refractivity contribution >= 4 is 34.7 Å². The highest BCUT2D eigenvalue weighted by Gasteiger charge is 2.18. The highest BCUT2D eigenvalue weighted by molar-refractivity contribution is 7.13. The number of halogens is 1. The van der Waals surface area contributed by atoms with E-state index >= 15 is 0 Å². The number of aromatic nitrogens is 3. The lowest BCUT2D eigenvalue weighted by Gasteiger charge is -2.11. The van der Waals surface area contributed by atoms with Crippen LogP contribution < -0.4 is 15.4 Å². The number of hydrogen-bond donors (Lipinski definition) is 2. The van der Waals surface area contributed by atoms with Gasteiger partial charge in [-0.15, -0.1) is 11.3 Å². The first-order valence-electron chi connectivity index (χ1n) is 8.08. The molecule has 0 aliphatic carbocycles. The van der Waals surface area contributed by atoms with Gasteiger partial charge in [-0.1, -0.05) is 0 Å². The van der Waals surface area contributed by atoms with Crippen LogP contribution >= 0.6 is 11.3 Å². The predicted molar refractivity (Wildman–Crippen MR) is 102 cm³/mol. The lowest BCUT2D eigenvalue weighted by molar-refractivity contribution is 0.101. The highest BCUT2D eigenvalue weighted by Crippen LogP contribution is 2.23. The maximum absolute atomic E-state index is 14.3. The van der Waals surface area contributed by atoms with Gasteiger partial charge in [0, 0.05) is 5.69 Å². The average Bonchev–Trinajstić information content (AvgIpc) is 3.11. The Kier molecular flexibility index (Phi) is 5.59. The number of benzene rings is 1. The van der Waals surface area contributed by atoms with Gasteiger partial charge in [0.05, 0.1) is 36.3 Å². The fourth-order valence-corrected chi connectivity index (χ4v) is 2.97. The van der Waals surface area contributed by atoms with Crippen LogP contribution in [0, 0.1) is 19.7 Å². The Bertz CT molecular complexity index is 1040. The first kappa shape index (κ1) is 19.4. The Morgan fingerprint density at radius 1 is 1.04 bits per heavy atom. The molecular formula is C18H16FN5O3S. The second kappa shape index (κ2) is 8.09. The molecule has 0 atom stereocenters. The summed E-state index contributed by atoms with van der Waals surface area (Å²) in [6.45, 7) is 3.42. The van der Waals surface area contributed by atoms with E-state index in [9.17, 15) is 14.0 Å². The fourth-order valence-electron chi connectivity index (χ4n) is 2.30. The van der Waals surface area contributed by atoms with E-state index in [2.05, 4.69) is 25.6 Å². The van der Waals surface area contributed by atoms with Gasteiger partial charge in [-0.05, 0) is 31.5 Å². The van der Waals surface area contributed by atoms with Crippen molar-refractivity contribution in [1.29, 1.82) is 0 Å². The molecule has 0 fully saturated rings. The summed E-state index contributed by atoms with van der Waals surface area (Å²) in [7, 11) is 1.44. The number of anilines is 2. The molecule has 10 heteroatoms. The summed E-state index contributed by atoms with van der Waals surface area (Å²) in [5.41, 5.74) is 0.565. The Morgan fingerprint density at radius 2 is 1.82 bits per heavy atom. The van der Waals surface area contributed by atoms with Crippen molar-refractivity contribution in [2.45, 2.75) is 13.8 Å². The van der Waals surface area contributed by atoms with Crippen LogP contribution in [0.4, 0.5) is 15.9 Å². The summed E-state index contributed by atoms with van der Waals surface area (Å²) in [4.78, 5) is 37.1. The van der Waals surface area contributed by atoms with E-state index in [1.807, 2.05) is 0 Å². The lowest BCUT2D eigenvalue weighted by Crippen LogP contribution is -2.17. The summed E-state index contributed by atoms with van der Waals surface area (Å²) >= 11 is 1.24. The Hall–Kier alpha value is -3.40. The fraction of sp³-hybridized carbons (Fsp3) is 0.167. The van der Waals surface area contributed by atoms with Gasteiger partial charge in [-0.2, -0.15) is 0 Å². The number of amides is 2. The number of hydrogen-bond acceptors (Lipinski definition) is 7. The van der Waals surface area contributed by atoms with Crippen molar-refractivity contribution in [2.24, 2.45) is 0 Å². The summed E-state index contributed by atoms with van der Waals surface area (Å²) in [6, 6.07) is 2.46. The lowest BCUT2D eigenvalue weighted by atomic mass is 10.1. The van der Waals surface area contributed by atoms with E-state index in [-0.39, 0.29) is 23.2 Å². The van der Waals surface area contributed by atoms with Gasteiger partial charge in [0.1, 0.15) is 10.7 Å². The van der Waals surface area contributed by atoms with Crippen LogP contribution in [0.3, 0.4) is 0 Å². The van der Waals surface area contributed by atoms with Crippen molar-refractivity contribution in [3.05, 3.63) is 57.6 Å². The van der Waals surface area contributed by atoms with Gasteiger partial charge in [0.25, 0.3) is 11.8 Å². The number of carbonyl (C=O) groups is 2. The molecule has 8 nitrogen and oxygen atoms in total. The molecule has 0 saturated carbocycles. The quantitative estimate of drug-likeness (QED) is 0.680. The monoisotopic (exact) mass is 401 g/mol. The first-order chi connectivity index (χ1) is 13.4. The summed E-state index contributed by atoms with van der Waals surface area (Å²) in [5, 5.41) is 5.89. The van der Waals surface area contributed by atoms with E-state index in [0.29, 0.717) is 16.1 Å². The number of rotatable bonds is 5. The van der Waals surface area contributed by atoms with Crippen molar-refractivity contribution in [3.63, 3.8) is 0 Å². The summed E-state index contributed by atoms with van der Waals surface area (Å²) in [6.07, 6.45) is 4.08. The Labute approximate surface area is 163 Å². The summed E-state index contributed by atoms with van der Waals surface area (Å²) < 4.78 is 19.2. The summed E-state index contributed by atoms with van der Waals surface area (Å²) in [5.74, 6) is -1.41. The minimum Gasteiger partial charge on any atom is -0.480 e. The van der Waals surface area contributed by atoms with E-state index in [4.69, 9.17) is 4.74 Å². The van der Waals surface area contributed by atoms with Crippen LogP contribution in [0.1, 0.15) is 30.6 Å². The molecule has 0 saturated heterocycles. The van der Waals surface area contributed by atoms with E-state index < -0.39 is 11.7 Å². The standard InChI is InChI=1S/C18H16FN5O3S/c1-9-4-12(19)11(17(25)24-15-7-22-16(27-3)8-21-15)5-13(9)23-18(26)14-6-20-10(2)28-14/h4-8H,1-3H3,(H,23,26)(H,21,24,25). The molecule has 0 aliphatic rings. The molecule has 1 aromatic carbocycles. The smallest absolute Gasteiger partial charge is 0.267 e. The zero-order valence-corrected chi connectivity index (χ0v) is 16.1. The third-order valence-corrected chi connectivity index (χ3v) is 4.64. The predicted octanol–water partition coefficient (Wildman–Crippen LogP) is 3.20. The Balaban J connectivity index is 1.81. The van der Waals surface area contributed by atoms with E-state index in [0.717, 1.165) is 5.01 Å². The second-order valence-corrected chi connectivity index (χ2v) is 6.98. The topological polar surface area (TPSA) is 106 Å². The molecule has 0 unspecified atom stereocenters. The molecule has 0 aliphatic heterocycles. The molecule has 0 spiro atoms. The van der Waals surface area contributed by atoms with Crippen LogP contribution in [0.25, 0.3) is 0 Å². The molecule has 144 valence electrons. The Morgan fingerprint density at radius 3 is 2.43 bits per heavy atom. The van der Waals surface area contributed by atoms with Crippen molar-refractivity contribution in [3.8, 4) is 5.88 Å². The van der Waals surface area contributed by atoms with Crippen molar-refractivity contribution < 1.29 is 18.7 Å². The number of thiazole rings is 1. The molecule has 2 N–H and O–H groups in total. The number of nitrogens with zero attached hydrogens (tertiary/aromatic N) is 3. The maximum atomic E-state index is 14.3. The van der Waals surface area contributed by atoms with Gasteiger partial charge >= 0.3 is 0 Å². The zero-order chi connectivity index (χ0) is 20.3.